The number of hydrogen-bond acceptors (Lipinski definition) is 3. The van der Waals surface area contributed by atoms with E-state index in [9.17, 15) is 4.79 Å². The van der Waals surface area contributed by atoms with Gasteiger partial charge in [0, 0.05) is 31.7 Å². The lowest BCUT2D eigenvalue weighted by atomic mass is 10.2. The summed E-state index contributed by atoms with van der Waals surface area (Å²) in [5, 5.41) is 10.8. The van der Waals surface area contributed by atoms with Crippen LogP contribution in [-0.2, 0) is 11.3 Å². The zero-order valence-corrected chi connectivity index (χ0v) is 12.6. The minimum atomic E-state index is 0.155. The molecule has 0 saturated heterocycles. The standard InChI is InChI=1S/C15H26N4O/c1-3-14(4-2)19-10-8-13(18-19)11-16-9-7-15(20)17-12-5-6-12/h8,10,12,14,16H,3-7,9,11H2,1-2H3,(H,17,20). The highest BCUT2D eigenvalue weighted by molar-refractivity contribution is 5.76. The molecule has 0 radical (unpaired) electrons. The van der Waals surface area contributed by atoms with Crippen molar-refractivity contribution < 1.29 is 4.79 Å². The molecule has 0 spiro atoms. The molecule has 1 aliphatic rings. The molecule has 0 aromatic carbocycles. The minimum absolute atomic E-state index is 0.155. The first-order valence-corrected chi connectivity index (χ1v) is 7.77. The maximum absolute atomic E-state index is 11.5. The molecule has 0 atom stereocenters. The largest absolute Gasteiger partial charge is 0.353 e. The monoisotopic (exact) mass is 278 g/mol. The third kappa shape index (κ3) is 4.63. The van der Waals surface area contributed by atoms with Gasteiger partial charge in [-0.05, 0) is 31.7 Å². The van der Waals surface area contributed by atoms with Gasteiger partial charge in [-0.25, -0.2) is 0 Å². The van der Waals surface area contributed by atoms with Crippen molar-refractivity contribution in [1.82, 2.24) is 20.4 Å². The molecule has 2 N–H and O–H groups in total. The van der Waals surface area contributed by atoms with Gasteiger partial charge >= 0.3 is 0 Å². The lowest BCUT2D eigenvalue weighted by Gasteiger charge is -2.12. The maximum atomic E-state index is 11.5. The van der Waals surface area contributed by atoms with Gasteiger partial charge in [0.2, 0.25) is 5.91 Å². The van der Waals surface area contributed by atoms with E-state index in [0.29, 0.717) is 25.0 Å². The number of carbonyl (C=O) groups excluding carboxylic acids is 1. The Hall–Kier alpha value is -1.36. The third-order valence-electron chi connectivity index (χ3n) is 3.76. The molecule has 112 valence electrons. The minimum Gasteiger partial charge on any atom is -0.353 e. The molecule has 1 aliphatic carbocycles. The number of nitrogens with one attached hydrogen (secondary N) is 2. The highest BCUT2D eigenvalue weighted by Gasteiger charge is 2.22. The van der Waals surface area contributed by atoms with Crippen LogP contribution in [0, 0.1) is 0 Å². The molecule has 2 rings (SSSR count). The second-order valence-electron chi connectivity index (χ2n) is 5.53. The fourth-order valence-electron chi connectivity index (χ4n) is 2.28. The summed E-state index contributed by atoms with van der Waals surface area (Å²) in [6, 6.07) is 3.00. The number of aromatic nitrogens is 2. The average Bonchev–Trinajstić information content (AvgIpc) is 3.13. The molecule has 0 unspecified atom stereocenters. The molecule has 5 heteroatoms. The van der Waals surface area contributed by atoms with Crippen LogP contribution in [0.4, 0.5) is 0 Å². The number of hydrogen-bond donors (Lipinski definition) is 2. The van der Waals surface area contributed by atoms with E-state index in [1.807, 2.05) is 0 Å². The summed E-state index contributed by atoms with van der Waals surface area (Å²) in [6.07, 6.45) is 7.09. The topological polar surface area (TPSA) is 59.0 Å². The van der Waals surface area contributed by atoms with Gasteiger partial charge in [-0.1, -0.05) is 13.8 Å². The molecule has 1 saturated carbocycles. The molecule has 1 amide bonds. The van der Waals surface area contributed by atoms with Crippen LogP contribution in [0.5, 0.6) is 0 Å². The van der Waals surface area contributed by atoms with E-state index in [4.69, 9.17) is 0 Å². The zero-order chi connectivity index (χ0) is 14.4. The maximum Gasteiger partial charge on any atom is 0.221 e. The van der Waals surface area contributed by atoms with E-state index in [2.05, 4.69) is 46.5 Å². The van der Waals surface area contributed by atoms with Gasteiger partial charge in [-0.3, -0.25) is 9.48 Å². The summed E-state index contributed by atoms with van der Waals surface area (Å²) in [6.45, 7) is 5.80. The quantitative estimate of drug-likeness (QED) is 0.679. The van der Waals surface area contributed by atoms with Crippen LogP contribution in [0.15, 0.2) is 12.3 Å². The lowest BCUT2D eigenvalue weighted by Crippen LogP contribution is -2.29. The van der Waals surface area contributed by atoms with Crippen LogP contribution in [0.25, 0.3) is 0 Å². The first-order chi connectivity index (χ1) is 9.72. The van der Waals surface area contributed by atoms with Crippen LogP contribution >= 0.6 is 0 Å². The molecule has 1 aromatic heterocycles. The van der Waals surface area contributed by atoms with Gasteiger partial charge in [0.25, 0.3) is 0 Å². The number of rotatable bonds is 9. The van der Waals surface area contributed by atoms with Gasteiger partial charge < -0.3 is 10.6 Å². The molecule has 20 heavy (non-hydrogen) atoms. The van der Waals surface area contributed by atoms with Crippen LogP contribution < -0.4 is 10.6 Å². The summed E-state index contributed by atoms with van der Waals surface area (Å²) in [4.78, 5) is 11.5. The van der Waals surface area contributed by atoms with Crippen LogP contribution in [0.1, 0.15) is 57.7 Å². The number of carbonyl (C=O) groups is 1. The van der Waals surface area contributed by atoms with E-state index < -0.39 is 0 Å². The Morgan fingerprint density at radius 3 is 2.85 bits per heavy atom. The van der Waals surface area contributed by atoms with Crippen molar-refractivity contribution in [2.75, 3.05) is 6.54 Å². The summed E-state index contributed by atoms with van der Waals surface area (Å²) in [5.41, 5.74) is 1.04. The summed E-state index contributed by atoms with van der Waals surface area (Å²) in [7, 11) is 0. The molecule has 0 aliphatic heterocycles. The predicted molar refractivity (Wildman–Crippen MR) is 79.3 cm³/mol. The van der Waals surface area contributed by atoms with Crippen molar-refractivity contribution in [3.05, 3.63) is 18.0 Å². The normalized spacial score (nSPS) is 14.8. The van der Waals surface area contributed by atoms with Crippen LogP contribution in [-0.4, -0.2) is 28.3 Å². The molecular weight excluding hydrogens is 252 g/mol. The van der Waals surface area contributed by atoms with E-state index >= 15 is 0 Å². The Morgan fingerprint density at radius 2 is 2.20 bits per heavy atom. The number of nitrogens with zero attached hydrogens (tertiary/aromatic N) is 2. The Morgan fingerprint density at radius 1 is 1.45 bits per heavy atom. The van der Waals surface area contributed by atoms with Crippen LogP contribution in [0.2, 0.25) is 0 Å². The van der Waals surface area contributed by atoms with E-state index in [-0.39, 0.29) is 5.91 Å². The zero-order valence-electron chi connectivity index (χ0n) is 12.6. The second kappa shape index (κ2) is 7.43. The summed E-state index contributed by atoms with van der Waals surface area (Å²) in [5.74, 6) is 0.155. The van der Waals surface area contributed by atoms with Crippen molar-refractivity contribution in [3.63, 3.8) is 0 Å². The van der Waals surface area contributed by atoms with Crippen molar-refractivity contribution in [1.29, 1.82) is 0 Å². The van der Waals surface area contributed by atoms with Crippen molar-refractivity contribution in [3.8, 4) is 0 Å². The highest BCUT2D eigenvalue weighted by atomic mass is 16.1. The van der Waals surface area contributed by atoms with E-state index in [1.165, 1.54) is 0 Å². The Kier molecular flexibility index (Phi) is 5.59. The van der Waals surface area contributed by atoms with Crippen molar-refractivity contribution in [2.24, 2.45) is 0 Å². The molecule has 1 aromatic rings. The van der Waals surface area contributed by atoms with E-state index in [0.717, 1.165) is 37.9 Å². The predicted octanol–water partition coefficient (Wildman–Crippen LogP) is 2.00. The Bertz CT molecular complexity index is 421. The second-order valence-corrected chi connectivity index (χ2v) is 5.53. The molecule has 0 bridgehead atoms. The van der Waals surface area contributed by atoms with Gasteiger partial charge in [0.1, 0.15) is 0 Å². The average molecular weight is 278 g/mol. The summed E-state index contributed by atoms with van der Waals surface area (Å²) >= 11 is 0. The molecular formula is C15H26N4O. The van der Waals surface area contributed by atoms with Crippen molar-refractivity contribution in [2.45, 2.75) is 64.6 Å². The van der Waals surface area contributed by atoms with Crippen molar-refractivity contribution >= 4 is 5.91 Å². The fourth-order valence-corrected chi connectivity index (χ4v) is 2.28. The Balaban J connectivity index is 1.64. The molecule has 1 fully saturated rings. The van der Waals surface area contributed by atoms with Gasteiger partial charge in [0.15, 0.2) is 0 Å². The number of amides is 1. The highest BCUT2D eigenvalue weighted by Crippen LogP contribution is 2.18. The first-order valence-electron chi connectivity index (χ1n) is 7.77. The third-order valence-corrected chi connectivity index (χ3v) is 3.76. The van der Waals surface area contributed by atoms with Crippen LogP contribution in [0.3, 0.4) is 0 Å². The first kappa shape index (κ1) is 15.0. The molecule has 1 heterocycles. The van der Waals surface area contributed by atoms with E-state index in [1.54, 1.807) is 0 Å². The SMILES string of the molecule is CCC(CC)n1ccc(CNCCC(=O)NC2CC2)n1. The fraction of sp³-hybridized carbons (Fsp3) is 0.733. The molecule has 5 nitrogen and oxygen atoms in total. The van der Waals surface area contributed by atoms with Gasteiger partial charge in [0.05, 0.1) is 11.7 Å². The lowest BCUT2D eigenvalue weighted by molar-refractivity contribution is -0.121. The summed E-state index contributed by atoms with van der Waals surface area (Å²) < 4.78 is 2.05. The van der Waals surface area contributed by atoms with Gasteiger partial charge in [-0.2, -0.15) is 5.10 Å². The Labute approximate surface area is 121 Å². The van der Waals surface area contributed by atoms with Gasteiger partial charge in [-0.15, -0.1) is 0 Å². The smallest absolute Gasteiger partial charge is 0.221 e.